The number of anilines is 1. The van der Waals surface area contributed by atoms with Crippen LogP contribution in [-0.2, 0) is 14.8 Å². The molecule has 1 aliphatic rings. The van der Waals surface area contributed by atoms with Gasteiger partial charge in [0, 0.05) is 22.5 Å². The van der Waals surface area contributed by atoms with E-state index in [1.54, 1.807) is 0 Å². The van der Waals surface area contributed by atoms with E-state index in [2.05, 4.69) is 10.3 Å². The molecule has 2 aromatic carbocycles. The number of rotatable bonds is 5. The number of hydrogen-bond acceptors (Lipinski definition) is 5. The zero-order valence-corrected chi connectivity index (χ0v) is 18.6. The molecular formula is C21H20ClN3O3S2. The second kappa shape index (κ2) is 8.47. The first kappa shape index (κ1) is 21.0. The van der Waals surface area contributed by atoms with Crippen molar-refractivity contribution >= 4 is 44.0 Å². The van der Waals surface area contributed by atoms with Crippen molar-refractivity contribution in [2.45, 2.75) is 30.7 Å². The minimum absolute atomic E-state index is 0.127. The van der Waals surface area contributed by atoms with Crippen molar-refractivity contribution in [1.82, 2.24) is 9.29 Å². The van der Waals surface area contributed by atoms with Crippen molar-refractivity contribution in [2.24, 2.45) is 0 Å². The third kappa shape index (κ3) is 4.27. The lowest BCUT2D eigenvalue weighted by molar-refractivity contribution is -0.119. The maximum atomic E-state index is 13.0. The number of sulfonamides is 1. The third-order valence-electron chi connectivity index (χ3n) is 5.01. The number of carbonyl (C=O) groups is 1. The SMILES string of the molecule is Cc1ccc(-c2csc(NC(=O)[C@@H]3CCCN3S(=O)(=O)c3ccc(Cl)cc3)n2)cc1. The van der Waals surface area contributed by atoms with Gasteiger partial charge in [-0.25, -0.2) is 13.4 Å². The molecule has 0 bridgehead atoms. The molecule has 156 valence electrons. The van der Waals surface area contributed by atoms with E-state index in [1.807, 2.05) is 36.6 Å². The van der Waals surface area contributed by atoms with Crippen LogP contribution in [0.15, 0.2) is 58.8 Å². The van der Waals surface area contributed by atoms with E-state index in [0.29, 0.717) is 29.5 Å². The predicted octanol–water partition coefficient (Wildman–Crippen LogP) is 4.56. The predicted molar refractivity (Wildman–Crippen MR) is 119 cm³/mol. The second-order valence-electron chi connectivity index (χ2n) is 7.12. The highest BCUT2D eigenvalue weighted by Crippen LogP contribution is 2.29. The summed E-state index contributed by atoms with van der Waals surface area (Å²) in [5, 5.41) is 5.57. The number of nitrogens with zero attached hydrogens (tertiary/aromatic N) is 2. The fourth-order valence-electron chi connectivity index (χ4n) is 3.41. The van der Waals surface area contributed by atoms with Crippen molar-refractivity contribution in [3.63, 3.8) is 0 Å². The summed E-state index contributed by atoms with van der Waals surface area (Å²) in [6.45, 7) is 2.32. The van der Waals surface area contributed by atoms with Gasteiger partial charge in [0.1, 0.15) is 6.04 Å². The number of benzene rings is 2. The van der Waals surface area contributed by atoms with Gasteiger partial charge in [-0.05, 0) is 44.0 Å². The Labute approximate surface area is 184 Å². The van der Waals surface area contributed by atoms with Gasteiger partial charge in [-0.1, -0.05) is 41.4 Å². The fourth-order valence-corrected chi connectivity index (χ4v) is 5.91. The van der Waals surface area contributed by atoms with Gasteiger partial charge < -0.3 is 5.32 Å². The normalized spacial score (nSPS) is 17.2. The number of carbonyl (C=O) groups excluding carboxylic acids is 1. The Morgan fingerprint density at radius 1 is 1.17 bits per heavy atom. The highest BCUT2D eigenvalue weighted by atomic mass is 35.5. The molecule has 1 amide bonds. The Bertz CT molecular complexity index is 1160. The summed E-state index contributed by atoms with van der Waals surface area (Å²) in [6, 6.07) is 13.2. The largest absolute Gasteiger partial charge is 0.301 e. The van der Waals surface area contributed by atoms with Gasteiger partial charge in [-0.2, -0.15) is 4.31 Å². The molecule has 0 aliphatic carbocycles. The van der Waals surface area contributed by atoms with Crippen molar-refractivity contribution in [2.75, 3.05) is 11.9 Å². The number of aromatic nitrogens is 1. The Morgan fingerprint density at radius 2 is 1.87 bits per heavy atom. The van der Waals surface area contributed by atoms with Crippen molar-refractivity contribution in [1.29, 1.82) is 0 Å². The summed E-state index contributed by atoms with van der Waals surface area (Å²) in [4.78, 5) is 17.5. The van der Waals surface area contributed by atoms with E-state index in [0.717, 1.165) is 16.8 Å². The minimum Gasteiger partial charge on any atom is -0.301 e. The summed E-state index contributed by atoms with van der Waals surface area (Å²) >= 11 is 7.18. The van der Waals surface area contributed by atoms with Crippen LogP contribution in [0.4, 0.5) is 5.13 Å². The molecule has 4 rings (SSSR count). The summed E-state index contributed by atoms with van der Waals surface area (Å²) < 4.78 is 27.3. The maximum absolute atomic E-state index is 13.0. The van der Waals surface area contributed by atoms with Crippen LogP contribution in [0, 0.1) is 6.92 Å². The number of nitrogens with one attached hydrogen (secondary N) is 1. The van der Waals surface area contributed by atoms with Crippen molar-refractivity contribution in [3.8, 4) is 11.3 Å². The van der Waals surface area contributed by atoms with Crippen molar-refractivity contribution in [3.05, 3.63) is 64.5 Å². The van der Waals surface area contributed by atoms with Crippen LogP contribution in [0.3, 0.4) is 0 Å². The lowest BCUT2D eigenvalue weighted by Crippen LogP contribution is -2.43. The van der Waals surface area contributed by atoms with Crippen LogP contribution < -0.4 is 5.32 Å². The van der Waals surface area contributed by atoms with Crippen LogP contribution in [0.2, 0.25) is 5.02 Å². The quantitative estimate of drug-likeness (QED) is 0.603. The zero-order valence-electron chi connectivity index (χ0n) is 16.2. The topological polar surface area (TPSA) is 79.4 Å². The monoisotopic (exact) mass is 461 g/mol. The van der Waals surface area contributed by atoms with Gasteiger partial charge >= 0.3 is 0 Å². The van der Waals surface area contributed by atoms with Crippen LogP contribution in [0.1, 0.15) is 18.4 Å². The van der Waals surface area contributed by atoms with E-state index in [4.69, 9.17) is 11.6 Å². The van der Waals surface area contributed by atoms with Gasteiger partial charge in [0.2, 0.25) is 15.9 Å². The van der Waals surface area contributed by atoms with Crippen LogP contribution >= 0.6 is 22.9 Å². The molecule has 1 atom stereocenters. The first-order chi connectivity index (χ1) is 14.3. The van der Waals surface area contributed by atoms with Crippen LogP contribution in [0.25, 0.3) is 11.3 Å². The average Bonchev–Trinajstić information content (AvgIpc) is 3.39. The molecule has 0 unspecified atom stereocenters. The van der Waals surface area contributed by atoms with Crippen molar-refractivity contribution < 1.29 is 13.2 Å². The standard InChI is InChI=1S/C21H20ClN3O3S2/c1-14-4-6-15(7-5-14)18-13-29-21(23-18)24-20(26)19-3-2-12-25(19)30(27,28)17-10-8-16(22)9-11-17/h4-11,13,19H,2-3,12H2,1H3,(H,23,24,26)/t19-/m0/s1. The average molecular weight is 462 g/mol. The van der Waals surface area contributed by atoms with Crippen LogP contribution in [-0.4, -0.2) is 36.2 Å². The fraction of sp³-hybridized carbons (Fsp3) is 0.238. The second-order valence-corrected chi connectivity index (χ2v) is 10.3. The Hall–Kier alpha value is -2.26. The van der Waals surface area contributed by atoms with E-state index < -0.39 is 16.1 Å². The Kier molecular flexibility index (Phi) is 5.92. The van der Waals surface area contributed by atoms with E-state index >= 15 is 0 Å². The molecule has 1 aliphatic heterocycles. The van der Waals surface area contributed by atoms with Gasteiger partial charge in [0.25, 0.3) is 0 Å². The number of hydrogen-bond donors (Lipinski definition) is 1. The number of amides is 1. The molecule has 1 fully saturated rings. The van der Waals surface area contributed by atoms with Gasteiger partial charge in [-0.3, -0.25) is 4.79 Å². The van der Waals surface area contributed by atoms with E-state index in [-0.39, 0.29) is 10.8 Å². The van der Waals surface area contributed by atoms with Crippen LogP contribution in [0.5, 0.6) is 0 Å². The third-order valence-corrected chi connectivity index (χ3v) is 7.94. The molecule has 1 saturated heterocycles. The lowest BCUT2D eigenvalue weighted by atomic mass is 10.1. The first-order valence-corrected chi connectivity index (χ1v) is 12.2. The molecule has 30 heavy (non-hydrogen) atoms. The highest BCUT2D eigenvalue weighted by molar-refractivity contribution is 7.89. The Balaban J connectivity index is 1.50. The van der Waals surface area contributed by atoms with E-state index in [1.165, 1.54) is 39.9 Å². The molecule has 0 radical (unpaired) electrons. The molecular weight excluding hydrogens is 442 g/mol. The molecule has 1 N–H and O–H groups in total. The molecule has 3 aromatic rings. The van der Waals surface area contributed by atoms with Gasteiger partial charge in [-0.15, -0.1) is 11.3 Å². The minimum atomic E-state index is -3.79. The van der Waals surface area contributed by atoms with Gasteiger partial charge in [0.15, 0.2) is 5.13 Å². The van der Waals surface area contributed by atoms with Gasteiger partial charge in [0.05, 0.1) is 10.6 Å². The molecule has 1 aromatic heterocycles. The number of thiazole rings is 1. The Morgan fingerprint density at radius 3 is 2.57 bits per heavy atom. The zero-order chi connectivity index (χ0) is 21.3. The van der Waals surface area contributed by atoms with E-state index in [9.17, 15) is 13.2 Å². The highest BCUT2D eigenvalue weighted by Gasteiger charge is 2.39. The molecule has 9 heteroatoms. The number of halogens is 1. The smallest absolute Gasteiger partial charge is 0.244 e. The maximum Gasteiger partial charge on any atom is 0.244 e. The first-order valence-electron chi connectivity index (χ1n) is 9.45. The molecule has 0 spiro atoms. The summed E-state index contributed by atoms with van der Waals surface area (Å²) in [5.41, 5.74) is 2.89. The summed E-state index contributed by atoms with van der Waals surface area (Å²) in [6.07, 6.45) is 1.09. The summed E-state index contributed by atoms with van der Waals surface area (Å²) in [5.74, 6) is -0.366. The number of aryl methyl sites for hydroxylation is 1. The molecule has 6 nitrogen and oxygen atoms in total. The molecule has 0 saturated carbocycles. The summed E-state index contributed by atoms with van der Waals surface area (Å²) in [7, 11) is -3.79. The molecule has 2 heterocycles. The lowest BCUT2D eigenvalue weighted by Gasteiger charge is -2.23.